The summed E-state index contributed by atoms with van der Waals surface area (Å²) in [6, 6.07) is 0. The van der Waals surface area contributed by atoms with Crippen molar-refractivity contribution in [2.75, 3.05) is 20.2 Å². The Morgan fingerprint density at radius 1 is 1.14 bits per heavy atom. The summed E-state index contributed by atoms with van der Waals surface area (Å²) in [5.41, 5.74) is -0.679. The molecule has 0 heterocycles. The van der Waals surface area contributed by atoms with E-state index in [4.69, 9.17) is 5.11 Å². The molecule has 1 amide bonds. The monoisotopic (exact) mass is 311 g/mol. The molecule has 0 aromatic rings. The molecular formula is C12H16F3NO5. The van der Waals surface area contributed by atoms with Crippen LogP contribution in [0, 0.1) is 0 Å². The van der Waals surface area contributed by atoms with E-state index in [2.05, 4.69) is 4.74 Å². The molecule has 0 aromatic heterocycles. The number of halogens is 3. The van der Waals surface area contributed by atoms with Crippen LogP contribution in [0.15, 0.2) is 11.1 Å². The molecule has 0 aliphatic rings. The number of ether oxygens (including phenoxy) is 1. The van der Waals surface area contributed by atoms with E-state index in [0.717, 1.165) is 21.0 Å². The average Bonchev–Trinajstić information content (AvgIpc) is 2.38. The second-order valence-corrected chi connectivity index (χ2v) is 4.22. The Labute approximate surface area is 119 Å². The fraction of sp³-hybridized carbons (Fsp3) is 0.583. The lowest BCUT2D eigenvalue weighted by Gasteiger charge is -2.24. The number of rotatable bonds is 6. The van der Waals surface area contributed by atoms with Gasteiger partial charge >= 0.3 is 18.1 Å². The smallest absolute Gasteiger partial charge is 0.406 e. The first kappa shape index (κ1) is 18.9. The summed E-state index contributed by atoms with van der Waals surface area (Å²) in [5, 5.41) is 8.75. The zero-order valence-electron chi connectivity index (χ0n) is 11.8. The zero-order chi connectivity index (χ0) is 16.8. The molecule has 0 fully saturated rings. The normalized spacial score (nSPS) is 12.5. The van der Waals surface area contributed by atoms with Gasteiger partial charge in [0.15, 0.2) is 0 Å². The summed E-state index contributed by atoms with van der Waals surface area (Å²) >= 11 is 0. The molecule has 0 aliphatic carbocycles. The van der Waals surface area contributed by atoms with Gasteiger partial charge in [0.25, 0.3) is 0 Å². The molecule has 9 heteroatoms. The predicted octanol–water partition coefficient (Wildman–Crippen LogP) is 1.36. The van der Waals surface area contributed by atoms with Gasteiger partial charge in [-0.3, -0.25) is 9.59 Å². The zero-order valence-corrected chi connectivity index (χ0v) is 11.8. The molecule has 0 rings (SSSR count). The van der Waals surface area contributed by atoms with Crippen LogP contribution in [0.2, 0.25) is 0 Å². The third kappa shape index (κ3) is 6.77. The highest BCUT2D eigenvalue weighted by Crippen LogP contribution is 2.19. The summed E-state index contributed by atoms with van der Waals surface area (Å²) < 4.78 is 41.7. The Kier molecular flexibility index (Phi) is 6.90. The first-order chi connectivity index (χ1) is 9.49. The fourth-order valence-corrected chi connectivity index (χ4v) is 1.36. The lowest BCUT2D eigenvalue weighted by Crippen LogP contribution is -2.41. The Morgan fingerprint density at radius 2 is 1.67 bits per heavy atom. The number of esters is 1. The lowest BCUT2D eigenvalue weighted by atomic mass is 10.1. The first-order valence-electron chi connectivity index (χ1n) is 5.83. The molecule has 0 aromatic carbocycles. The number of amides is 1. The predicted molar refractivity (Wildman–Crippen MR) is 65.3 cm³/mol. The molecule has 1 N–H and O–H groups in total. The number of carboxylic acid groups (broad SMARTS) is 1. The van der Waals surface area contributed by atoms with Gasteiger partial charge in [0.2, 0.25) is 5.91 Å². The molecule has 6 nitrogen and oxygen atoms in total. The molecule has 0 radical (unpaired) electrons. The minimum absolute atomic E-state index is 0.323. The third-order valence-electron chi connectivity index (χ3n) is 2.67. The van der Waals surface area contributed by atoms with Crippen LogP contribution >= 0.6 is 0 Å². The van der Waals surface area contributed by atoms with E-state index in [1.165, 1.54) is 0 Å². The van der Waals surface area contributed by atoms with Crippen molar-refractivity contribution < 1.29 is 37.4 Å². The second kappa shape index (κ2) is 7.65. The van der Waals surface area contributed by atoms with Crippen molar-refractivity contribution in [2.45, 2.75) is 26.4 Å². The number of alkyl halides is 3. The SMILES string of the molecule is COC(=O)CCN(CC(F)(F)F)C(=O)C(C)=C(C)C(=O)O. The van der Waals surface area contributed by atoms with Crippen molar-refractivity contribution in [1.82, 2.24) is 4.90 Å². The van der Waals surface area contributed by atoms with Gasteiger partial charge in [0.05, 0.1) is 13.5 Å². The van der Waals surface area contributed by atoms with Crippen molar-refractivity contribution in [2.24, 2.45) is 0 Å². The number of nitrogens with zero attached hydrogens (tertiary/aromatic N) is 1. The van der Waals surface area contributed by atoms with Crippen LogP contribution in [0.5, 0.6) is 0 Å². The molecule has 21 heavy (non-hydrogen) atoms. The third-order valence-corrected chi connectivity index (χ3v) is 2.67. The Bertz CT molecular complexity index is 456. The number of hydrogen-bond donors (Lipinski definition) is 1. The lowest BCUT2D eigenvalue weighted by molar-refractivity contribution is -0.160. The average molecular weight is 311 g/mol. The number of carbonyl (C=O) groups excluding carboxylic acids is 2. The van der Waals surface area contributed by atoms with Crippen molar-refractivity contribution >= 4 is 17.8 Å². The quantitative estimate of drug-likeness (QED) is 0.591. The van der Waals surface area contributed by atoms with Crippen LogP contribution in [0.4, 0.5) is 13.2 Å². The molecule has 0 atom stereocenters. The summed E-state index contributed by atoms with van der Waals surface area (Å²) in [6.07, 6.45) is -5.08. The van der Waals surface area contributed by atoms with Gasteiger partial charge in [-0.25, -0.2) is 4.79 Å². The molecule has 0 saturated carbocycles. The van der Waals surface area contributed by atoms with Gasteiger partial charge in [0, 0.05) is 17.7 Å². The Balaban J connectivity index is 5.20. The molecule has 120 valence electrons. The van der Waals surface area contributed by atoms with E-state index in [9.17, 15) is 27.6 Å². The largest absolute Gasteiger partial charge is 0.478 e. The second-order valence-electron chi connectivity index (χ2n) is 4.22. The maximum Gasteiger partial charge on any atom is 0.406 e. The van der Waals surface area contributed by atoms with E-state index >= 15 is 0 Å². The molecule has 0 bridgehead atoms. The molecule has 0 saturated heterocycles. The highest BCUT2D eigenvalue weighted by Gasteiger charge is 2.34. The van der Waals surface area contributed by atoms with Crippen LogP contribution in [0.1, 0.15) is 20.3 Å². The van der Waals surface area contributed by atoms with Crippen LogP contribution in [-0.4, -0.2) is 54.2 Å². The van der Waals surface area contributed by atoms with E-state index in [-0.39, 0.29) is 11.1 Å². The van der Waals surface area contributed by atoms with Crippen molar-refractivity contribution in [1.29, 1.82) is 0 Å². The summed E-state index contributed by atoms with van der Waals surface area (Å²) in [6.45, 7) is 0.136. The van der Waals surface area contributed by atoms with Crippen LogP contribution in [-0.2, 0) is 19.1 Å². The van der Waals surface area contributed by atoms with E-state index < -0.39 is 43.5 Å². The van der Waals surface area contributed by atoms with Crippen molar-refractivity contribution in [3.05, 3.63) is 11.1 Å². The van der Waals surface area contributed by atoms with E-state index in [1.807, 2.05) is 0 Å². The number of aliphatic carboxylic acids is 1. The molecule has 0 spiro atoms. The Hall–Kier alpha value is -2.06. The molecule has 0 aliphatic heterocycles. The topological polar surface area (TPSA) is 83.9 Å². The maximum atomic E-state index is 12.5. The van der Waals surface area contributed by atoms with Crippen LogP contribution in [0.25, 0.3) is 0 Å². The number of hydrogen-bond acceptors (Lipinski definition) is 4. The van der Waals surface area contributed by atoms with Gasteiger partial charge in [-0.2, -0.15) is 13.2 Å². The summed E-state index contributed by atoms with van der Waals surface area (Å²) in [4.78, 5) is 34.0. The Morgan fingerprint density at radius 3 is 2.05 bits per heavy atom. The standard InChI is InChI=1S/C12H16F3NO5/c1-7(8(2)11(19)20)10(18)16(6-12(13,14)15)5-4-9(17)21-3/h4-6H2,1-3H3,(H,19,20). The number of methoxy groups -OCH3 is 1. The van der Waals surface area contributed by atoms with Gasteiger partial charge in [-0.1, -0.05) is 0 Å². The van der Waals surface area contributed by atoms with Gasteiger partial charge in [-0.05, 0) is 13.8 Å². The fourth-order valence-electron chi connectivity index (χ4n) is 1.36. The first-order valence-corrected chi connectivity index (χ1v) is 5.83. The number of carboxylic acids is 1. The van der Waals surface area contributed by atoms with E-state index in [0.29, 0.717) is 4.90 Å². The van der Waals surface area contributed by atoms with Gasteiger partial charge in [0.1, 0.15) is 6.54 Å². The maximum absolute atomic E-state index is 12.5. The molecular weight excluding hydrogens is 295 g/mol. The van der Waals surface area contributed by atoms with Crippen molar-refractivity contribution in [3.63, 3.8) is 0 Å². The van der Waals surface area contributed by atoms with Crippen molar-refractivity contribution in [3.8, 4) is 0 Å². The van der Waals surface area contributed by atoms with E-state index in [1.54, 1.807) is 0 Å². The minimum Gasteiger partial charge on any atom is -0.478 e. The van der Waals surface area contributed by atoms with Crippen LogP contribution in [0.3, 0.4) is 0 Å². The summed E-state index contributed by atoms with van der Waals surface area (Å²) in [5.74, 6) is -3.26. The molecule has 0 unspecified atom stereocenters. The highest BCUT2D eigenvalue weighted by molar-refractivity contribution is 6.01. The van der Waals surface area contributed by atoms with Gasteiger partial charge in [-0.15, -0.1) is 0 Å². The number of carbonyl (C=O) groups is 3. The minimum atomic E-state index is -4.66. The summed E-state index contributed by atoms with van der Waals surface area (Å²) in [7, 11) is 1.07. The highest BCUT2D eigenvalue weighted by atomic mass is 19.4. The van der Waals surface area contributed by atoms with Gasteiger partial charge < -0.3 is 14.7 Å². The van der Waals surface area contributed by atoms with Crippen LogP contribution < -0.4 is 0 Å².